The van der Waals surface area contributed by atoms with Gasteiger partial charge in [0.05, 0.1) is 6.61 Å². The van der Waals surface area contributed by atoms with Gasteiger partial charge in [-0.25, -0.2) is 4.79 Å². The molecule has 28 heavy (non-hydrogen) atoms. The number of carbonyl (C=O) groups is 3. The maximum atomic E-state index is 12.8. The molecule has 7 nitrogen and oxygen atoms in total. The minimum atomic E-state index is -0.769. The minimum Gasteiger partial charge on any atom is -0.434 e. The number of nitrogens with zero attached hydrogens (tertiary/aromatic N) is 2. The summed E-state index contributed by atoms with van der Waals surface area (Å²) in [5.41, 5.74) is 0.518. The molecule has 0 radical (unpaired) electrons. The molecule has 2 aliphatic rings. The molecule has 0 bridgehead atoms. The molecule has 2 fully saturated rings. The highest BCUT2D eigenvalue weighted by molar-refractivity contribution is 5.94. The van der Waals surface area contributed by atoms with Gasteiger partial charge in [-0.3, -0.25) is 9.59 Å². The van der Waals surface area contributed by atoms with Crippen LogP contribution in [-0.4, -0.2) is 60.6 Å². The van der Waals surface area contributed by atoms with E-state index in [2.05, 4.69) is 0 Å². The normalized spacial score (nSPS) is 17.3. The zero-order valence-electron chi connectivity index (χ0n) is 16.1. The van der Waals surface area contributed by atoms with Crippen molar-refractivity contribution in [2.45, 2.75) is 26.2 Å². The van der Waals surface area contributed by atoms with Gasteiger partial charge in [-0.05, 0) is 62.4 Å². The molecule has 2 amide bonds. The number of amides is 2. The van der Waals surface area contributed by atoms with Crippen molar-refractivity contribution in [2.24, 2.45) is 5.92 Å². The van der Waals surface area contributed by atoms with Crippen LogP contribution in [0.2, 0.25) is 0 Å². The van der Waals surface area contributed by atoms with E-state index in [0.29, 0.717) is 43.4 Å². The van der Waals surface area contributed by atoms with Crippen LogP contribution < -0.4 is 4.74 Å². The molecule has 1 saturated heterocycles. The monoisotopic (exact) mass is 386 g/mol. The quantitative estimate of drug-likeness (QED) is 0.442. The highest BCUT2D eigenvalue weighted by Crippen LogP contribution is 2.30. The lowest BCUT2D eigenvalue weighted by atomic mass is 10.2. The molecular formula is C21H26N2O5. The number of allylic oxidation sites excluding steroid dienone is 1. The fourth-order valence-corrected chi connectivity index (χ4v) is 3.05. The van der Waals surface area contributed by atoms with Gasteiger partial charge in [0.25, 0.3) is 5.91 Å². The van der Waals surface area contributed by atoms with Crippen LogP contribution in [-0.2, 0) is 9.53 Å². The molecule has 0 atom stereocenters. The Morgan fingerprint density at radius 1 is 1.04 bits per heavy atom. The molecule has 1 heterocycles. The maximum absolute atomic E-state index is 12.8. The van der Waals surface area contributed by atoms with Crippen molar-refractivity contribution in [3.8, 4) is 5.75 Å². The number of benzene rings is 1. The van der Waals surface area contributed by atoms with Crippen molar-refractivity contribution in [2.75, 3.05) is 32.8 Å². The van der Waals surface area contributed by atoms with Crippen LogP contribution in [0.4, 0.5) is 4.79 Å². The largest absolute Gasteiger partial charge is 0.513 e. The molecule has 0 aromatic heterocycles. The third kappa shape index (κ3) is 5.58. The summed E-state index contributed by atoms with van der Waals surface area (Å²) >= 11 is 0. The number of ether oxygens (including phenoxy) is 2. The molecule has 0 spiro atoms. The fourth-order valence-electron chi connectivity index (χ4n) is 3.05. The van der Waals surface area contributed by atoms with E-state index in [1.54, 1.807) is 42.2 Å². The average Bonchev–Trinajstić information content (AvgIpc) is 3.53. The van der Waals surface area contributed by atoms with E-state index in [4.69, 9.17) is 9.47 Å². The lowest BCUT2D eigenvalue weighted by molar-refractivity contribution is -0.125. The number of hydrogen-bond donors (Lipinski definition) is 0. The van der Waals surface area contributed by atoms with Crippen LogP contribution in [0, 0.1) is 5.92 Å². The van der Waals surface area contributed by atoms with Crippen LogP contribution in [0.25, 0.3) is 0 Å². The standard InChI is InChI=1S/C21H26N2O5/c1-2-27-21(26)28-18-9-7-17(8-10-18)20(25)23-13-3-12-22(14-15-23)19(24)11-6-16-4-5-16/h6-11,16H,2-5,12-15H2,1H3/b11-6+. The van der Waals surface area contributed by atoms with E-state index in [1.807, 2.05) is 11.0 Å². The van der Waals surface area contributed by atoms with Crippen molar-refractivity contribution in [3.63, 3.8) is 0 Å². The van der Waals surface area contributed by atoms with Gasteiger partial charge in [0.15, 0.2) is 0 Å². The van der Waals surface area contributed by atoms with Crippen LogP contribution in [0.5, 0.6) is 5.75 Å². The van der Waals surface area contributed by atoms with E-state index in [1.165, 1.54) is 12.8 Å². The number of rotatable bonds is 5. The SMILES string of the molecule is CCOC(=O)Oc1ccc(C(=O)N2CCCN(C(=O)/C=C/C3CC3)CC2)cc1. The van der Waals surface area contributed by atoms with E-state index in [0.717, 1.165) is 6.42 Å². The molecule has 0 unspecified atom stereocenters. The highest BCUT2D eigenvalue weighted by Gasteiger charge is 2.23. The molecule has 3 rings (SSSR count). The maximum Gasteiger partial charge on any atom is 0.513 e. The predicted molar refractivity (Wildman–Crippen MR) is 103 cm³/mol. The van der Waals surface area contributed by atoms with Gasteiger partial charge < -0.3 is 19.3 Å². The summed E-state index contributed by atoms with van der Waals surface area (Å²) in [6.45, 7) is 4.23. The first kappa shape index (κ1) is 19.9. The van der Waals surface area contributed by atoms with Crippen LogP contribution in [0.1, 0.15) is 36.5 Å². The topological polar surface area (TPSA) is 76.2 Å². The summed E-state index contributed by atoms with van der Waals surface area (Å²) in [5, 5.41) is 0. The van der Waals surface area contributed by atoms with Crippen molar-refractivity contribution >= 4 is 18.0 Å². The average molecular weight is 386 g/mol. The zero-order chi connectivity index (χ0) is 19.9. The molecule has 1 aliphatic heterocycles. The summed E-state index contributed by atoms with van der Waals surface area (Å²) in [6, 6.07) is 6.40. The van der Waals surface area contributed by atoms with E-state index >= 15 is 0 Å². The first-order valence-electron chi connectivity index (χ1n) is 9.78. The smallest absolute Gasteiger partial charge is 0.434 e. The Morgan fingerprint density at radius 2 is 1.71 bits per heavy atom. The zero-order valence-corrected chi connectivity index (χ0v) is 16.1. The van der Waals surface area contributed by atoms with Crippen LogP contribution >= 0.6 is 0 Å². The highest BCUT2D eigenvalue weighted by atomic mass is 16.7. The predicted octanol–water partition coefficient (Wildman–Crippen LogP) is 2.86. The lowest BCUT2D eigenvalue weighted by Crippen LogP contribution is -2.36. The second kappa shape index (κ2) is 9.39. The first-order chi connectivity index (χ1) is 13.6. The van der Waals surface area contributed by atoms with Gasteiger partial charge in [0, 0.05) is 31.7 Å². The number of carbonyl (C=O) groups excluding carboxylic acids is 3. The minimum absolute atomic E-state index is 0.0293. The van der Waals surface area contributed by atoms with Crippen LogP contribution in [0.3, 0.4) is 0 Å². The van der Waals surface area contributed by atoms with Gasteiger partial charge in [-0.2, -0.15) is 0 Å². The van der Waals surface area contributed by atoms with E-state index < -0.39 is 6.16 Å². The molecule has 0 N–H and O–H groups in total. The molecule has 150 valence electrons. The Bertz CT molecular complexity index is 740. The summed E-state index contributed by atoms with van der Waals surface area (Å²) < 4.78 is 9.73. The van der Waals surface area contributed by atoms with Gasteiger partial charge in [-0.1, -0.05) is 6.08 Å². The molecule has 1 aromatic carbocycles. The second-order valence-corrected chi connectivity index (χ2v) is 6.98. The third-order valence-corrected chi connectivity index (χ3v) is 4.79. The molecule has 1 aromatic rings. The molecule has 7 heteroatoms. The van der Waals surface area contributed by atoms with Gasteiger partial charge in [0.2, 0.25) is 5.91 Å². The molecule has 1 aliphatic carbocycles. The molecular weight excluding hydrogens is 360 g/mol. The summed E-state index contributed by atoms with van der Waals surface area (Å²) in [5.74, 6) is 0.835. The van der Waals surface area contributed by atoms with Crippen molar-refractivity contribution in [1.29, 1.82) is 0 Å². The Labute approximate surface area is 164 Å². The van der Waals surface area contributed by atoms with Crippen molar-refractivity contribution in [3.05, 3.63) is 42.0 Å². The third-order valence-electron chi connectivity index (χ3n) is 4.79. The Balaban J connectivity index is 1.53. The van der Waals surface area contributed by atoms with Crippen molar-refractivity contribution in [1.82, 2.24) is 9.80 Å². The second-order valence-electron chi connectivity index (χ2n) is 6.98. The van der Waals surface area contributed by atoms with Crippen molar-refractivity contribution < 1.29 is 23.9 Å². The van der Waals surface area contributed by atoms with Gasteiger partial charge in [-0.15, -0.1) is 0 Å². The summed E-state index contributed by atoms with van der Waals surface area (Å²) in [7, 11) is 0. The molecule has 1 saturated carbocycles. The Hall–Kier alpha value is -2.83. The summed E-state index contributed by atoms with van der Waals surface area (Å²) in [4.78, 5) is 40.0. The summed E-state index contributed by atoms with van der Waals surface area (Å²) in [6.07, 6.45) is 6.01. The van der Waals surface area contributed by atoms with Crippen LogP contribution in [0.15, 0.2) is 36.4 Å². The lowest BCUT2D eigenvalue weighted by Gasteiger charge is -2.21. The van der Waals surface area contributed by atoms with Gasteiger partial charge in [0.1, 0.15) is 5.75 Å². The fraction of sp³-hybridized carbons (Fsp3) is 0.476. The van der Waals surface area contributed by atoms with E-state index in [9.17, 15) is 14.4 Å². The Morgan fingerprint density at radius 3 is 2.39 bits per heavy atom. The Kier molecular flexibility index (Phi) is 6.68. The first-order valence-corrected chi connectivity index (χ1v) is 9.78. The number of hydrogen-bond acceptors (Lipinski definition) is 5. The van der Waals surface area contributed by atoms with E-state index in [-0.39, 0.29) is 18.4 Å². The van der Waals surface area contributed by atoms with Gasteiger partial charge >= 0.3 is 6.16 Å².